The SMILES string of the molecule is C=C.CCCCCCCCOP(=O)(O)OCCCCCCCC. The van der Waals surface area contributed by atoms with Crippen molar-refractivity contribution in [2.45, 2.75) is 90.9 Å². The molecule has 5 heteroatoms. The summed E-state index contributed by atoms with van der Waals surface area (Å²) in [5.41, 5.74) is 0. The van der Waals surface area contributed by atoms with Crippen LogP contribution in [0.15, 0.2) is 13.2 Å². The summed E-state index contributed by atoms with van der Waals surface area (Å²) >= 11 is 0. The Kier molecular flexibility index (Phi) is 21.7. The number of rotatable bonds is 16. The largest absolute Gasteiger partial charge is 0.472 e. The van der Waals surface area contributed by atoms with E-state index in [1.54, 1.807) is 0 Å². The van der Waals surface area contributed by atoms with Crippen LogP contribution < -0.4 is 0 Å². The highest BCUT2D eigenvalue weighted by molar-refractivity contribution is 7.47. The van der Waals surface area contributed by atoms with Crippen LogP contribution in [0.3, 0.4) is 0 Å². The lowest BCUT2D eigenvalue weighted by Crippen LogP contribution is -1.99. The summed E-state index contributed by atoms with van der Waals surface area (Å²) in [6.07, 6.45) is 13.6. The van der Waals surface area contributed by atoms with Gasteiger partial charge in [0.25, 0.3) is 0 Å². The Bertz CT molecular complexity index is 250. The first-order chi connectivity index (χ1) is 11.1. The van der Waals surface area contributed by atoms with E-state index in [-0.39, 0.29) is 0 Å². The minimum absolute atomic E-state index is 0.316. The summed E-state index contributed by atoms with van der Waals surface area (Å²) in [6.45, 7) is 11.0. The summed E-state index contributed by atoms with van der Waals surface area (Å²) in [5, 5.41) is 0. The maximum Gasteiger partial charge on any atom is 0.472 e. The van der Waals surface area contributed by atoms with E-state index in [4.69, 9.17) is 9.05 Å². The third kappa shape index (κ3) is 21.9. The Hall–Kier alpha value is -0.150. The molecule has 140 valence electrons. The molecule has 0 aromatic heterocycles. The van der Waals surface area contributed by atoms with Crippen molar-refractivity contribution in [1.29, 1.82) is 0 Å². The molecule has 0 aliphatic heterocycles. The molecule has 0 amide bonds. The highest BCUT2D eigenvalue weighted by Crippen LogP contribution is 2.43. The molecule has 0 aliphatic carbocycles. The first-order valence-electron chi connectivity index (χ1n) is 9.24. The van der Waals surface area contributed by atoms with Crippen LogP contribution in [0.25, 0.3) is 0 Å². The van der Waals surface area contributed by atoms with Crippen molar-refractivity contribution in [2.75, 3.05) is 13.2 Å². The Balaban J connectivity index is 0. The number of phosphoric acid groups is 1. The van der Waals surface area contributed by atoms with E-state index in [1.165, 1.54) is 51.4 Å². The predicted octanol–water partition coefficient (Wildman–Crippen LogP) is 6.64. The van der Waals surface area contributed by atoms with Gasteiger partial charge in [-0.15, -0.1) is 13.2 Å². The summed E-state index contributed by atoms with van der Waals surface area (Å²) in [7, 11) is -3.82. The molecule has 4 nitrogen and oxygen atoms in total. The summed E-state index contributed by atoms with van der Waals surface area (Å²) in [6, 6.07) is 0. The van der Waals surface area contributed by atoms with Gasteiger partial charge in [0, 0.05) is 0 Å². The number of unbranched alkanes of at least 4 members (excludes halogenated alkanes) is 10. The van der Waals surface area contributed by atoms with Crippen LogP contribution in [0, 0.1) is 0 Å². The van der Waals surface area contributed by atoms with Crippen molar-refractivity contribution < 1.29 is 18.5 Å². The molecule has 0 atom stereocenters. The first-order valence-corrected chi connectivity index (χ1v) is 10.7. The quantitative estimate of drug-likeness (QED) is 0.192. The van der Waals surface area contributed by atoms with Gasteiger partial charge >= 0.3 is 7.82 Å². The van der Waals surface area contributed by atoms with Crippen molar-refractivity contribution in [3.8, 4) is 0 Å². The monoisotopic (exact) mass is 350 g/mol. The van der Waals surface area contributed by atoms with Crippen molar-refractivity contribution in [2.24, 2.45) is 0 Å². The minimum atomic E-state index is -3.82. The minimum Gasteiger partial charge on any atom is -0.302 e. The van der Waals surface area contributed by atoms with Crippen molar-refractivity contribution >= 4 is 7.82 Å². The van der Waals surface area contributed by atoms with Crippen LogP contribution >= 0.6 is 7.82 Å². The molecule has 0 radical (unpaired) electrons. The van der Waals surface area contributed by atoms with Gasteiger partial charge in [-0.1, -0.05) is 78.1 Å². The molecule has 0 fully saturated rings. The van der Waals surface area contributed by atoms with E-state index in [0.717, 1.165) is 25.7 Å². The number of hydrogen-bond acceptors (Lipinski definition) is 3. The molecule has 23 heavy (non-hydrogen) atoms. The first kappa shape index (κ1) is 25.1. The van der Waals surface area contributed by atoms with Crippen LogP contribution in [0.4, 0.5) is 0 Å². The Morgan fingerprint density at radius 3 is 1.35 bits per heavy atom. The van der Waals surface area contributed by atoms with Crippen molar-refractivity contribution in [3.05, 3.63) is 13.2 Å². The van der Waals surface area contributed by atoms with E-state index >= 15 is 0 Å². The van der Waals surface area contributed by atoms with Gasteiger partial charge < -0.3 is 4.89 Å². The highest BCUT2D eigenvalue weighted by Gasteiger charge is 2.19. The van der Waals surface area contributed by atoms with Gasteiger partial charge in [-0.2, -0.15) is 0 Å². The second-order valence-electron chi connectivity index (χ2n) is 5.67. The van der Waals surface area contributed by atoms with Crippen LogP contribution in [0.5, 0.6) is 0 Å². The zero-order chi connectivity index (χ0) is 17.8. The van der Waals surface area contributed by atoms with E-state index in [1.807, 2.05) is 0 Å². The maximum absolute atomic E-state index is 11.6. The van der Waals surface area contributed by atoms with E-state index in [9.17, 15) is 9.46 Å². The molecule has 1 N–H and O–H groups in total. The van der Waals surface area contributed by atoms with Gasteiger partial charge in [0.1, 0.15) is 0 Å². The molecule has 0 spiro atoms. The molecule has 0 saturated carbocycles. The van der Waals surface area contributed by atoms with E-state index in [2.05, 4.69) is 27.0 Å². The zero-order valence-electron chi connectivity index (χ0n) is 15.4. The number of hydrogen-bond donors (Lipinski definition) is 1. The second kappa shape index (κ2) is 19.9. The van der Waals surface area contributed by atoms with Crippen molar-refractivity contribution in [1.82, 2.24) is 0 Å². The van der Waals surface area contributed by atoms with Gasteiger partial charge in [-0.05, 0) is 12.8 Å². The molecular weight excluding hydrogens is 311 g/mol. The van der Waals surface area contributed by atoms with Gasteiger partial charge in [-0.25, -0.2) is 4.57 Å². The fourth-order valence-electron chi connectivity index (χ4n) is 2.16. The third-order valence-electron chi connectivity index (χ3n) is 3.50. The molecule has 0 aliphatic rings. The molecular formula is C18H39O4P. The molecule has 0 bridgehead atoms. The van der Waals surface area contributed by atoms with E-state index < -0.39 is 7.82 Å². The Labute approximate surface area is 144 Å². The Morgan fingerprint density at radius 2 is 1.00 bits per heavy atom. The van der Waals surface area contributed by atoms with Gasteiger partial charge in [0.15, 0.2) is 0 Å². The average molecular weight is 350 g/mol. The Morgan fingerprint density at radius 1 is 0.696 bits per heavy atom. The molecule has 0 rings (SSSR count). The molecule has 0 aromatic carbocycles. The molecule has 0 heterocycles. The lowest BCUT2D eigenvalue weighted by atomic mass is 10.1. The van der Waals surface area contributed by atoms with Gasteiger partial charge in [-0.3, -0.25) is 9.05 Å². The summed E-state index contributed by atoms with van der Waals surface area (Å²) in [4.78, 5) is 9.51. The average Bonchev–Trinajstić information content (AvgIpc) is 2.55. The number of phosphoric ester groups is 1. The normalized spacial score (nSPS) is 11.1. The topological polar surface area (TPSA) is 55.8 Å². The fraction of sp³-hybridized carbons (Fsp3) is 0.889. The predicted molar refractivity (Wildman–Crippen MR) is 99.7 cm³/mol. The summed E-state index contributed by atoms with van der Waals surface area (Å²) < 4.78 is 21.5. The van der Waals surface area contributed by atoms with Crippen molar-refractivity contribution in [3.63, 3.8) is 0 Å². The van der Waals surface area contributed by atoms with Crippen LogP contribution in [-0.2, 0) is 13.6 Å². The lowest BCUT2D eigenvalue weighted by Gasteiger charge is -2.12. The third-order valence-corrected chi connectivity index (χ3v) is 4.52. The lowest BCUT2D eigenvalue weighted by molar-refractivity contribution is 0.145. The molecule has 0 unspecified atom stereocenters. The molecule has 0 aromatic rings. The smallest absolute Gasteiger partial charge is 0.302 e. The van der Waals surface area contributed by atoms with Gasteiger partial charge in [0.05, 0.1) is 13.2 Å². The molecule has 0 saturated heterocycles. The standard InChI is InChI=1S/C16H35O4P.C2H4/c1-3-5-7-9-11-13-15-19-21(17,18)20-16-14-12-10-8-6-4-2;1-2/h3-16H2,1-2H3,(H,17,18);1-2H2. The van der Waals surface area contributed by atoms with Crippen LogP contribution in [0.1, 0.15) is 90.9 Å². The highest BCUT2D eigenvalue weighted by atomic mass is 31.2. The van der Waals surface area contributed by atoms with Gasteiger partial charge in [0.2, 0.25) is 0 Å². The fourth-order valence-corrected chi connectivity index (χ4v) is 2.96. The second-order valence-corrected chi connectivity index (χ2v) is 7.12. The summed E-state index contributed by atoms with van der Waals surface area (Å²) in [5.74, 6) is 0. The van der Waals surface area contributed by atoms with Crippen LogP contribution in [0.2, 0.25) is 0 Å². The van der Waals surface area contributed by atoms with Crippen LogP contribution in [-0.4, -0.2) is 18.1 Å². The zero-order valence-corrected chi connectivity index (χ0v) is 16.3. The maximum atomic E-state index is 11.6. The van der Waals surface area contributed by atoms with E-state index in [0.29, 0.717) is 13.2 Å².